The van der Waals surface area contributed by atoms with Crippen LogP contribution < -0.4 is 20.1 Å². The average molecular weight is 575 g/mol. The Morgan fingerprint density at radius 3 is 2.64 bits per heavy atom. The fourth-order valence-electron chi connectivity index (χ4n) is 4.43. The van der Waals surface area contributed by atoms with Crippen molar-refractivity contribution in [3.05, 3.63) is 66.9 Å². The number of benzene rings is 2. The number of hydrogen-bond acceptors (Lipinski definition) is 9. The summed E-state index contributed by atoms with van der Waals surface area (Å²) in [5, 5.41) is 10.5. The Bertz CT molecular complexity index is 1630. The zero-order chi connectivity index (χ0) is 29.6. The largest absolute Gasteiger partial charge is 0.494 e. The molecule has 13 heteroatoms. The standard InChI is InChI=1S/C29H31FN8O4/c1-36(2)11-6-7-26(39)33-24-16-20-23(17-25(24)41-3)31-18-32-28(20)34-22-9-8-19(15-21(22)30)42-27-10-14-38(35-27)29(40)37-12-4-5-13-37/h6-10,14-18H,4-5,11-13H2,1-3H3,(H,33,39)(H,31,32,34)/b7-6+. The van der Waals surface area contributed by atoms with E-state index in [9.17, 15) is 9.59 Å². The van der Waals surface area contributed by atoms with Gasteiger partial charge in [-0.15, -0.1) is 5.10 Å². The van der Waals surface area contributed by atoms with Crippen LogP contribution in [0.3, 0.4) is 0 Å². The van der Waals surface area contributed by atoms with Gasteiger partial charge in [0.15, 0.2) is 0 Å². The number of anilines is 3. The van der Waals surface area contributed by atoms with Gasteiger partial charge in [0.05, 0.1) is 24.0 Å². The Balaban J connectivity index is 1.32. The molecule has 0 aliphatic carbocycles. The first-order valence-corrected chi connectivity index (χ1v) is 13.3. The molecule has 1 aliphatic heterocycles. The zero-order valence-corrected chi connectivity index (χ0v) is 23.5. The first-order valence-electron chi connectivity index (χ1n) is 13.3. The van der Waals surface area contributed by atoms with E-state index in [-0.39, 0.29) is 29.3 Å². The number of rotatable bonds is 9. The fraction of sp³-hybridized carbons (Fsp3) is 0.276. The second-order valence-corrected chi connectivity index (χ2v) is 9.89. The number of likely N-dealkylation sites (tertiary alicyclic amines) is 1. The molecule has 5 rings (SSSR count). The Morgan fingerprint density at radius 2 is 1.90 bits per heavy atom. The second kappa shape index (κ2) is 12.6. The van der Waals surface area contributed by atoms with Gasteiger partial charge in [0.25, 0.3) is 0 Å². The van der Waals surface area contributed by atoms with Gasteiger partial charge in [0.1, 0.15) is 29.5 Å². The van der Waals surface area contributed by atoms with Crippen molar-refractivity contribution in [2.75, 3.05) is 51.5 Å². The van der Waals surface area contributed by atoms with E-state index in [1.54, 1.807) is 35.2 Å². The van der Waals surface area contributed by atoms with Crippen molar-refractivity contribution >= 4 is 40.0 Å². The number of aromatic nitrogens is 4. The summed E-state index contributed by atoms with van der Waals surface area (Å²) in [4.78, 5) is 37.2. The Labute approximate surface area is 241 Å². The third-order valence-corrected chi connectivity index (χ3v) is 6.51. The number of amides is 2. The Kier molecular flexibility index (Phi) is 8.58. The van der Waals surface area contributed by atoms with Crippen LogP contribution in [0.1, 0.15) is 12.8 Å². The number of nitrogens with one attached hydrogen (secondary N) is 2. The quantitative estimate of drug-likeness (QED) is 0.275. The maximum absolute atomic E-state index is 15.2. The van der Waals surface area contributed by atoms with Gasteiger partial charge in [-0.05, 0) is 45.1 Å². The van der Waals surface area contributed by atoms with Crippen LogP contribution in [-0.4, -0.2) is 82.3 Å². The molecule has 2 aromatic carbocycles. The molecule has 1 saturated heterocycles. The van der Waals surface area contributed by atoms with E-state index in [1.165, 1.54) is 42.5 Å². The highest BCUT2D eigenvalue weighted by Crippen LogP contribution is 2.34. The maximum atomic E-state index is 15.2. The number of likely N-dealkylation sites (N-methyl/N-ethyl adjacent to an activating group) is 1. The van der Waals surface area contributed by atoms with E-state index < -0.39 is 5.82 Å². The number of carbonyl (C=O) groups excluding carboxylic acids is 2. The third-order valence-electron chi connectivity index (χ3n) is 6.51. The summed E-state index contributed by atoms with van der Waals surface area (Å²) in [5.74, 6) is 0.200. The van der Waals surface area contributed by atoms with Crippen LogP contribution in [0.5, 0.6) is 17.4 Å². The molecular formula is C29H31FN8O4. The van der Waals surface area contributed by atoms with Crippen molar-refractivity contribution in [1.29, 1.82) is 0 Å². The van der Waals surface area contributed by atoms with Gasteiger partial charge in [-0.3, -0.25) is 4.79 Å². The van der Waals surface area contributed by atoms with E-state index in [0.717, 1.165) is 12.8 Å². The summed E-state index contributed by atoms with van der Waals surface area (Å²) in [7, 11) is 5.30. The fourth-order valence-corrected chi connectivity index (χ4v) is 4.43. The molecule has 2 aromatic heterocycles. The first-order chi connectivity index (χ1) is 20.3. The lowest BCUT2D eigenvalue weighted by molar-refractivity contribution is -0.111. The molecule has 0 spiro atoms. The summed E-state index contributed by atoms with van der Waals surface area (Å²) in [6.07, 6.45) is 8.01. The molecule has 1 aliphatic rings. The van der Waals surface area contributed by atoms with Crippen molar-refractivity contribution in [3.8, 4) is 17.4 Å². The second-order valence-electron chi connectivity index (χ2n) is 9.89. The molecule has 0 bridgehead atoms. The Morgan fingerprint density at radius 1 is 1.10 bits per heavy atom. The SMILES string of the molecule is COc1cc2ncnc(Nc3ccc(Oc4ccn(C(=O)N5CCCC5)n4)cc3F)c2cc1NC(=O)/C=C/CN(C)C. The van der Waals surface area contributed by atoms with Gasteiger partial charge >= 0.3 is 6.03 Å². The summed E-state index contributed by atoms with van der Waals surface area (Å²) in [6.45, 7) is 2.02. The molecule has 0 saturated carbocycles. The molecular weight excluding hydrogens is 543 g/mol. The van der Waals surface area contributed by atoms with E-state index in [4.69, 9.17) is 9.47 Å². The Hall–Kier alpha value is -5.04. The summed E-state index contributed by atoms with van der Waals surface area (Å²) in [5.41, 5.74) is 1.09. The van der Waals surface area contributed by atoms with E-state index >= 15 is 4.39 Å². The number of nitrogens with zero attached hydrogens (tertiary/aromatic N) is 6. The number of fused-ring (bicyclic) bond motifs is 1. The van der Waals surface area contributed by atoms with Crippen molar-refractivity contribution in [2.24, 2.45) is 0 Å². The van der Waals surface area contributed by atoms with Crippen LogP contribution in [0, 0.1) is 5.82 Å². The summed E-state index contributed by atoms with van der Waals surface area (Å²) in [6, 6.07) is 8.96. The molecule has 218 valence electrons. The van der Waals surface area contributed by atoms with Crippen molar-refractivity contribution in [2.45, 2.75) is 12.8 Å². The summed E-state index contributed by atoms with van der Waals surface area (Å²) >= 11 is 0. The smallest absolute Gasteiger partial charge is 0.344 e. The first kappa shape index (κ1) is 28.5. The number of ether oxygens (including phenoxy) is 2. The lowest BCUT2D eigenvalue weighted by Gasteiger charge is -2.14. The van der Waals surface area contributed by atoms with E-state index in [2.05, 4.69) is 25.7 Å². The van der Waals surface area contributed by atoms with Gasteiger partial charge in [-0.1, -0.05) is 6.08 Å². The molecule has 0 unspecified atom stereocenters. The third kappa shape index (κ3) is 6.63. The molecule has 12 nitrogen and oxygen atoms in total. The van der Waals surface area contributed by atoms with Crippen LogP contribution in [0.25, 0.3) is 10.9 Å². The predicted octanol–water partition coefficient (Wildman–Crippen LogP) is 4.63. The highest BCUT2D eigenvalue weighted by atomic mass is 19.1. The van der Waals surface area contributed by atoms with Crippen LogP contribution in [0.15, 0.2) is 61.1 Å². The molecule has 0 atom stereocenters. The van der Waals surface area contributed by atoms with E-state index in [0.29, 0.717) is 47.8 Å². The molecule has 2 N–H and O–H groups in total. The van der Waals surface area contributed by atoms with Crippen LogP contribution in [0.4, 0.5) is 26.4 Å². The van der Waals surface area contributed by atoms with Gasteiger partial charge in [0, 0.05) is 55.5 Å². The van der Waals surface area contributed by atoms with Crippen molar-refractivity contribution < 1.29 is 23.5 Å². The van der Waals surface area contributed by atoms with Crippen LogP contribution in [-0.2, 0) is 4.79 Å². The van der Waals surface area contributed by atoms with Gasteiger partial charge in [0.2, 0.25) is 11.8 Å². The number of hydrogen-bond donors (Lipinski definition) is 2. The van der Waals surface area contributed by atoms with Gasteiger partial charge in [-0.2, -0.15) is 4.68 Å². The van der Waals surface area contributed by atoms with Gasteiger partial charge in [-0.25, -0.2) is 19.2 Å². The number of halogens is 1. The van der Waals surface area contributed by atoms with Crippen molar-refractivity contribution in [1.82, 2.24) is 29.5 Å². The minimum Gasteiger partial charge on any atom is -0.494 e. The summed E-state index contributed by atoms with van der Waals surface area (Å²) < 4.78 is 27.5. The highest BCUT2D eigenvalue weighted by molar-refractivity contribution is 6.03. The lowest BCUT2D eigenvalue weighted by Crippen LogP contribution is -2.32. The molecule has 2 amide bonds. The predicted molar refractivity (Wildman–Crippen MR) is 156 cm³/mol. The van der Waals surface area contributed by atoms with E-state index in [1.807, 2.05) is 19.0 Å². The maximum Gasteiger partial charge on any atom is 0.344 e. The van der Waals surface area contributed by atoms with Crippen LogP contribution in [0.2, 0.25) is 0 Å². The topological polar surface area (TPSA) is 127 Å². The minimum atomic E-state index is -0.597. The number of carbonyl (C=O) groups is 2. The average Bonchev–Trinajstić information content (AvgIpc) is 3.67. The minimum absolute atomic E-state index is 0.144. The van der Waals surface area contributed by atoms with Crippen molar-refractivity contribution in [3.63, 3.8) is 0 Å². The molecule has 42 heavy (non-hydrogen) atoms. The molecule has 4 aromatic rings. The molecule has 0 radical (unpaired) electrons. The normalized spacial score (nSPS) is 13.2. The van der Waals surface area contributed by atoms with Crippen LogP contribution >= 0.6 is 0 Å². The molecule has 3 heterocycles. The zero-order valence-electron chi connectivity index (χ0n) is 23.5. The lowest BCUT2D eigenvalue weighted by atomic mass is 10.1. The van der Waals surface area contributed by atoms with Gasteiger partial charge < -0.3 is 29.9 Å². The molecule has 1 fully saturated rings. The number of methoxy groups -OCH3 is 1. The monoisotopic (exact) mass is 574 g/mol. The highest BCUT2D eigenvalue weighted by Gasteiger charge is 2.21.